The van der Waals surface area contributed by atoms with E-state index in [4.69, 9.17) is 9.90 Å². The minimum Gasteiger partial charge on any atom is -0.475 e. The lowest BCUT2D eigenvalue weighted by atomic mass is 10.2. The molecule has 0 bridgehead atoms. The van der Waals surface area contributed by atoms with Crippen LogP contribution in [0, 0.1) is 0 Å². The third kappa shape index (κ3) is 6.72. The summed E-state index contributed by atoms with van der Waals surface area (Å²) >= 11 is 1.75. The second-order valence-electron chi connectivity index (χ2n) is 6.63. The fraction of sp³-hybridized carbons (Fsp3) is 0.389. The molecule has 0 radical (unpaired) electrons. The van der Waals surface area contributed by atoms with Crippen LogP contribution in [0.2, 0.25) is 0 Å². The monoisotopic (exact) mass is 455 g/mol. The fourth-order valence-corrected chi connectivity index (χ4v) is 3.58. The summed E-state index contributed by atoms with van der Waals surface area (Å²) in [5.41, 5.74) is 3.53. The number of aliphatic carboxylic acids is 1. The molecule has 4 rings (SSSR count). The molecule has 9 nitrogen and oxygen atoms in total. The van der Waals surface area contributed by atoms with Crippen LogP contribution in [-0.2, 0) is 31.0 Å². The predicted molar refractivity (Wildman–Crippen MR) is 106 cm³/mol. The summed E-state index contributed by atoms with van der Waals surface area (Å²) in [5.74, 6) is -2.14. The number of thiophene rings is 1. The number of nitrogens with one attached hydrogen (secondary N) is 1. The number of carboxylic acid groups (broad SMARTS) is 1. The van der Waals surface area contributed by atoms with Crippen LogP contribution in [0.25, 0.3) is 0 Å². The van der Waals surface area contributed by atoms with E-state index in [1.165, 1.54) is 11.3 Å². The Labute approximate surface area is 179 Å². The number of hydrogen-bond donors (Lipinski definition) is 2. The highest BCUT2D eigenvalue weighted by Crippen LogP contribution is 2.18. The van der Waals surface area contributed by atoms with Crippen molar-refractivity contribution in [1.82, 2.24) is 29.9 Å². The Hall–Kier alpha value is -3.06. The quantitative estimate of drug-likeness (QED) is 0.605. The summed E-state index contributed by atoms with van der Waals surface area (Å²) < 4.78 is 33.8. The Morgan fingerprint density at radius 3 is 2.65 bits per heavy atom. The number of nitrogens with zero attached hydrogens (tertiary/aromatic N) is 6. The Balaban J connectivity index is 0.000000339. The highest BCUT2D eigenvalue weighted by molar-refractivity contribution is 7.07. The molecule has 2 N–H and O–H groups in total. The summed E-state index contributed by atoms with van der Waals surface area (Å²) in [6, 6.07) is 4.00. The summed E-state index contributed by atoms with van der Waals surface area (Å²) in [7, 11) is 0. The van der Waals surface area contributed by atoms with Gasteiger partial charge in [0.2, 0.25) is 5.95 Å². The number of carbonyl (C=O) groups is 1. The number of carboxylic acids is 1. The summed E-state index contributed by atoms with van der Waals surface area (Å²) in [5, 5.41) is 23.4. The normalized spacial score (nSPS) is 14.2. The number of alkyl halides is 3. The molecule has 0 amide bonds. The van der Waals surface area contributed by atoms with Gasteiger partial charge in [0.15, 0.2) is 0 Å². The van der Waals surface area contributed by atoms with Gasteiger partial charge in [0.25, 0.3) is 0 Å². The molecule has 31 heavy (non-hydrogen) atoms. The topological polar surface area (TPSA) is 109 Å². The van der Waals surface area contributed by atoms with E-state index in [9.17, 15) is 13.2 Å². The third-order valence-electron chi connectivity index (χ3n) is 4.34. The Kier molecular flexibility index (Phi) is 7.52. The first-order valence-corrected chi connectivity index (χ1v) is 10.2. The number of rotatable bonds is 5. The van der Waals surface area contributed by atoms with Gasteiger partial charge in [-0.05, 0) is 34.9 Å². The molecule has 1 aliphatic heterocycles. The van der Waals surface area contributed by atoms with E-state index in [0.29, 0.717) is 12.5 Å². The van der Waals surface area contributed by atoms with Crippen molar-refractivity contribution in [2.45, 2.75) is 38.8 Å². The molecule has 3 aromatic rings. The number of aryl methyl sites for hydroxylation is 1. The van der Waals surface area contributed by atoms with Crippen LogP contribution in [-0.4, -0.2) is 53.7 Å². The molecule has 1 aliphatic rings. The van der Waals surface area contributed by atoms with Gasteiger partial charge in [-0.25, -0.2) is 19.4 Å². The smallest absolute Gasteiger partial charge is 0.475 e. The van der Waals surface area contributed by atoms with Crippen molar-refractivity contribution in [3.05, 3.63) is 52.2 Å². The molecule has 0 atom stereocenters. The third-order valence-corrected chi connectivity index (χ3v) is 5.08. The highest BCUT2D eigenvalue weighted by Gasteiger charge is 2.38. The van der Waals surface area contributed by atoms with E-state index in [1.54, 1.807) is 29.8 Å². The van der Waals surface area contributed by atoms with E-state index in [0.717, 1.165) is 38.3 Å². The summed E-state index contributed by atoms with van der Waals surface area (Å²) in [6.07, 6.45) is -0.539. The van der Waals surface area contributed by atoms with Crippen molar-refractivity contribution in [1.29, 1.82) is 0 Å². The maximum Gasteiger partial charge on any atom is 0.490 e. The van der Waals surface area contributed by atoms with Gasteiger partial charge in [-0.3, -0.25) is 4.90 Å². The molecule has 4 heterocycles. The van der Waals surface area contributed by atoms with Gasteiger partial charge < -0.3 is 10.4 Å². The molecular formula is C18H20F3N7O2S. The molecular weight excluding hydrogens is 435 g/mol. The summed E-state index contributed by atoms with van der Waals surface area (Å²) in [4.78, 5) is 19.7. The van der Waals surface area contributed by atoms with Gasteiger partial charge in [-0.1, -0.05) is 5.21 Å². The van der Waals surface area contributed by atoms with Crippen LogP contribution in [0.15, 0.2) is 35.3 Å². The number of halogens is 3. The van der Waals surface area contributed by atoms with Crippen LogP contribution in [0.1, 0.15) is 23.4 Å². The predicted octanol–water partition coefficient (Wildman–Crippen LogP) is 2.78. The maximum atomic E-state index is 10.6. The van der Waals surface area contributed by atoms with Crippen LogP contribution >= 0.6 is 11.3 Å². The van der Waals surface area contributed by atoms with E-state index in [1.807, 2.05) is 4.68 Å². The minimum absolute atomic E-state index is 0.589. The number of hydrogen-bond acceptors (Lipinski definition) is 8. The fourth-order valence-electron chi connectivity index (χ4n) is 2.92. The zero-order valence-corrected chi connectivity index (χ0v) is 17.1. The molecule has 0 spiro atoms. The van der Waals surface area contributed by atoms with Crippen LogP contribution in [0.5, 0.6) is 0 Å². The Morgan fingerprint density at radius 1 is 1.26 bits per heavy atom. The summed E-state index contributed by atoms with van der Waals surface area (Å²) in [6.45, 7) is 4.43. The van der Waals surface area contributed by atoms with Crippen molar-refractivity contribution < 1.29 is 23.1 Å². The van der Waals surface area contributed by atoms with Gasteiger partial charge in [0.1, 0.15) is 5.69 Å². The zero-order chi connectivity index (χ0) is 22.3. The molecule has 0 aromatic carbocycles. The van der Waals surface area contributed by atoms with E-state index < -0.39 is 12.1 Å². The van der Waals surface area contributed by atoms with Crippen LogP contribution in [0.3, 0.4) is 0 Å². The van der Waals surface area contributed by atoms with Crippen molar-refractivity contribution in [3.8, 4) is 0 Å². The largest absolute Gasteiger partial charge is 0.490 e. The first-order chi connectivity index (χ1) is 14.8. The molecule has 0 saturated carbocycles. The zero-order valence-electron chi connectivity index (χ0n) is 16.3. The molecule has 0 fully saturated rings. The maximum absolute atomic E-state index is 10.6. The Morgan fingerprint density at radius 2 is 2.00 bits per heavy atom. The second kappa shape index (κ2) is 10.3. The number of aromatic nitrogens is 5. The van der Waals surface area contributed by atoms with E-state index in [-0.39, 0.29) is 0 Å². The van der Waals surface area contributed by atoms with Crippen LogP contribution < -0.4 is 5.32 Å². The average molecular weight is 455 g/mol. The molecule has 0 unspecified atom stereocenters. The number of anilines is 1. The number of fused-ring (bicyclic) bond motifs is 1. The van der Waals surface area contributed by atoms with E-state index in [2.05, 4.69) is 47.3 Å². The molecule has 13 heteroatoms. The van der Waals surface area contributed by atoms with Crippen molar-refractivity contribution in [2.75, 3.05) is 11.9 Å². The van der Waals surface area contributed by atoms with Crippen molar-refractivity contribution in [2.24, 2.45) is 0 Å². The van der Waals surface area contributed by atoms with Gasteiger partial charge >= 0.3 is 12.1 Å². The minimum atomic E-state index is -5.08. The SMILES string of the molecule is O=C(O)C(F)(F)F.c1cnc(NCc2nnn3c2CN(Cc2ccsc2)CCC3)nc1. The lowest BCUT2D eigenvalue weighted by Gasteiger charge is -2.19. The van der Waals surface area contributed by atoms with Crippen LogP contribution in [0.4, 0.5) is 19.1 Å². The van der Waals surface area contributed by atoms with Gasteiger partial charge in [-0.2, -0.15) is 24.5 Å². The van der Waals surface area contributed by atoms with Gasteiger partial charge in [0.05, 0.1) is 12.2 Å². The average Bonchev–Trinajstić information content (AvgIpc) is 3.33. The lowest BCUT2D eigenvalue weighted by molar-refractivity contribution is -0.192. The molecule has 3 aromatic heterocycles. The molecule has 166 valence electrons. The van der Waals surface area contributed by atoms with Crippen molar-refractivity contribution in [3.63, 3.8) is 0 Å². The first kappa shape index (κ1) is 22.6. The Bertz CT molecular complexity index is 964. The highest BCUT2D eigenvalue weighted by atomic mass is 32.1. The standard InChI is InChI=1S/C16H19N7S.C2HF3O2/c1-4-17-16(18-5-1)19-9-14-15-11-22(10-13-3-8-24-12-13)6-2-7-23(15)21-20-14;3-2(4,5)1(6)7/h1,3-5,8,12H,2,6-7,9-11H2,(H,17,18,19);(H,6,7). The van der Waals surface area contributed by atoms with Crippen molar-refractivity contribution >= 4 is 23.3 Å². The van der Waals surface area contributed by atoms with E-state index >= 15 is 0 Å². The lowest BCUT2D eigenvalue weighted by Crippen LogP contribution is -2.23. The van der Waals surface area contributed by atoms with Gasteiger partial charge in [-0.15, -0.1) is 5.10 Å². The first-order valence-electron chi connectivity index (χ1n) is 9.28. The molecule has 0 saturated heterocycles. The molecule has 0 aliphatic carbocycles. The van der Waals surface area contributed by atoms with Gasteiger partial charge in [0, 0.05) is 38.6 Å². The second-order valence-corrected chi connectivity index (χ2v) is 7.41.